The highest BCUT2D eigenvalue weighted by molar-refractivity contribution is 8.93. The van der Waals surface area contributed by atoms with Crippen molar-refractivity contribution in [2.24, 2.45) is 0 Å². The van der Waals surface area contributed by atoms with Gasteiger partial charge in [-0.3, -0.25) is 0 Å². The Morgan fingerprint density at radius 2 is 1.87 bits per heavy atom. The Bertz CT molecular complexity index is 700. The molecule has 2 N–H and O–H groups in total. The van der Waals surface area contributed by atoms with Gasteiger partial charge in [-0.05, 0) is 61.2 Å². The molecule has 2 aromatic rings. The average molecular weight is 378 g/mol. The maximum absolute atomic E-state index is 10.3. The van der Waals surface area contributed by atoms with Gasteiger partial charge in [0.25, 0.3) is 0 Å². The molecule has 0 radical (unpaired) electrons. The van der Waals surface area contributed by atoms with E-state index < -0.39 is 0 Å². The Hall–Kier alpha value is -1.52. The van der Waals surface area contributed by atoms with Crippen molar-refractivity contribution in [2.45, 2.75) is 26.2 Å². The van der Waals surface area contributed by atoms with Crippen LogP contribution in [0.15, 0.2) is 30.3 Å². The van der Waals surface area contributed by atoms with E-state index in [0.717, 1.165) is 49.0 Å². The third kappa shape index (κ3) is 3.38. The van der Waals surface area contributed by atoms with E-state index >= 15 is 0 Å². The maximum Gasteiger partial charge on any atom is 0.165 e. The molecule has 0 saturated carbocycles. The van der Waals surface area contributed by atoms with E-state index in [1.165, 1.54) is 11.1 Å². The van der Waals surface area contributed by atoms with Crippen molar-refractivity contribution in [1.82, 2.24) is 4.90 Å². The Morgan fingerprint density at radius 1 is 1.09 bits per heavy atom. The molecular weight excluding hydrogens is 354 g/mol. The normalized spacial score (nSPS) is 12.5. The molecule has 0 aliphatic heterocycles. The van der Waals surface area contributed by atoms with Gasteiger partial charge < -0.3 is 15.1 Å². The van der Waals surface area contributed by atoms with Crippen LogP contribution < -0.4 is 0 Å². The van der Waals surface area contributed by atoms with Crippen LogP contribution in [0.3, 0.4) is 0 Å². The van der Waals surface area contributed by atoms with Gasteiger partial charge in [-0.15, -0.1) is 17.0 Å². The van der Waals surface area contributed by atoms with Gasteiger partial charge in [0.05, 0.1) is 0 Å². The van der Waals surface area contributed by atoms with Crippen molar-refractivity contribution in [3.05, 3.63) is 47.0 Å². The smallest absolute Gasteiger partial charge is 0.165 e. The molecule has 3 nitrogen and oxygen atoms in total. The van der Waals surface area contributed by atoms with Crippen LogP contribution in [0.5, 0.6) is 11.5 Å². The van der Waals surface area contributed by atoms with Crippen LogP contribution in [0.1, 0.15) is 23.6 Å². The first-order chi connectivity index (χ1) is 10.6. The molecular formula is C19H24BrNO2. The van der Waals surface area contributed by atoms with E-state index in [4.69, 9.17) is 0 Å². The van der Waals surface area contributed by atoms with Crippen LogP contribution in [0.25, 0.3) is 11.1 Å². The minimum absolute atomic E-state index is 0. The number of benzene rings is 2. The van der Waals surface area contributed by atoms with Gasteiger partial charge in [-0.2, -0.15) is 0 Å². The number of aromatic hydroxyl groups is 2. The van der Waals surface area contributed by atoms with Crippen molar-refractivity contribution >= 4 is 17.0 Å². The Labute approximate surface area is 148 Å². The van der Waals surface area contributed by atoms with Crippen LogP contribution in [0.4, 0.5) is 0 Å². The molecule has 23 heavy (non-hydrogen) atoms. The second-order valence-corrected chi connectivity index (χ2v) is 6.06. The third-order valence-corrected chi connectivity index (χ3v) is 4.73. The summed E-state index contributed by atoms with van der Waals surface area (Å²) in [6, 6.07) is 9.80. The standard InChI is InChI=1S/C19H23NO2.BrH/c1-3-20(2)12-11-13-5-4-6-16-15(13)9-7-14-8-10-17(21)19(22)18(14)16;/h4-6,8,10,21-22H,3,7,9,11-12H2,1-2H3;1H. The molecule has 0 spiro atoms. The molecule has 0 atom stereocenters. The van der Waals surface area contributed by atoms with E-state index in [9.17, 15) is 10.2 Å². The number of aryl methyl sites for hydroxylation is 1. The molecule has 0 aromatic heterocycles. The molecule has 124 valence electrons. The minimum Gasteiger partial charge on any atom is -0.504 e. The van der Waals surface area contributed by atoms with E-state index in [1.54, 1.807) is 6.07 Å². The first-order valence-corrected chi connectivity index (χ1v) is 7.95. The molecule has 0 fully saturated rings. The fourth-order valence-corrected chi connectivity index (χ4v) is 3.26. The van der Waals surface area contributed by atoms with Gasteiger partial charge in [0, 0.05) is 12.1 Å². The highest BCUT2D eigenvalue weighted by Crippen LogP contribution is 2.44. The highest BCUT2D eigenvalue weighted by atomic mass is 79.9. The SMILES string of the molecule is Br.CCN(C)CCc1cccc2c1CCc1ccc(O)c(O)c1-2. The summed E-state index contributed by atoms with van der Waals surface area (Å²) >= 11 is 0. The van der Waals surface area contributed by atoms with Crippen LogP contribution in [0.2, 0.25) is 0 Å². The number of hydrogen-bond acceptors (Lipinski definition) is 3. The first kappa shape index (κ1) is 17.8. The summed E-state index contributed by atoms with van der Waals surface area (Å²) in [5.41, 5.74) is 5.68. The zero-order chi connectivity index (χ0) is 15.7. The van der Waals surface area contributed by atoms with Crippen molar-refractivity contribution in [3.8, 4) is 22.6 Å². The zero-order valence-corrected chi connectivity index (χ0v) is 15.4. The van der Waals surface area contributed by atoms with Crippen molar-refractivity contribution in [2.75, 3.05) is 20.1 Å². The lowest BCUT2D eigenvalue weighted by Crippen LogP contribution is -2.21. The number of nitrogens with zero attached hydrogens (tertiary/aromatic N) is 1. The van der Waals surface area contributed by atoms with Crippen LogP contribution in [0, 0.1) is 0 Å². The van der Waals surface area contributed by atoms with Crippen molar-refractivity contribution in [1.29, 1.82) is 0 Å². The van der Waals surface area contributed by atoms with Gasteiger partial charge >= 0.3 is 0 Å². The quantitative estimate of drug-likeness (QED) is 0.793. The number of rotatable bonds is 4. The largest absolute Gasteiger partial charge is 0.504 e. The van der Waals surface area contributed by atoms with Gasteiger partial charge in [0.1, 0.15) is 0 Å². The number of halogens is 1. The predicted molar refractivity (Wildman–Crippen MR) is 99.8 cm³/mol. The average Bonchev–Trinajstić information content (AvgIpc) is 2.55. The lowest BCUT2D eigenvalue weighted by atomic mass is 9.82. The number of fused-ring (bicyclic) bond motifs is 3. The monoisotopic (exact) mass is 377 g/mol. The molecule has 4 heteroatoms. The summed E-state index contributed by atoms with van der Waals surface area (Å²) in [5.74, 6) is -0.0241. The number of phenols is 2. The summed E-state index contributed by atoms with van der Waals surface area (Å²) in [4.78, 5) is 2.31. The van der Waals surface area contributed by atoms with Crippen molar-refractivity contribution in [3.63, 3.8) is 0 Å². The van der Waals surface area contributed by atoms with E-state index in [-0.39, 0.29) is 28.5 Å². The lowest BCUT2D eigenvalue weighted by Gasteiger charge is -2.24. The second kappa shape index (κ2) is 7.37. The number of hydrogen-bond donors (Lipinski definition) is 2. The Kier molecular flexibility index (Phi) is 5.71. The predicted octanol–water partition coefficient (Wildman–Crippen LogP) is 3.94. The van der Waals surface area contributed by atoms with E-state index in [1.807, 2.05) is 6.07 Å². The summed E-state index contributed by atoms with van der Waals surface area (Å²) in [6.45, 7) is 4.25. The minimum atomic E-state index is -0.0391. The molecule has 3 rings (SSSR count). The molecule has 0 unspecified atom stereocenters. The highest BCUT2D eigenvalue weighted by Gasteiger charge is 2.22. The topological polar surface area (TPSA) is 43.7 Å². The summed E-state index contributed by atoms with van der Waals surface area (Å²) in [7, 11) is 2.13. The Balaban J connectivity index is 0.00000192. The molecule has 0 amide bonds. The van der Waals surface area contributed by atoms with Crippen LogP contribution in [-0.4, -0.2) is 35.3 Å². The lowest BCUT2D eigenvalue weighted by molar-refractivity contribution is 0.357. The van der Waals surface area contributed by atoms with Crippen LogP contribution >= 0.6 is 17.0 Å². The number of likely N-dealkylation sites (N-methyl/N-ethyl adjacent to an activating group) is 1. The van der Waals surface area contributed by atoms with E-state index in [0.29, 0.717) is 0 Å². The molecule has 1 aliphatic carbocycles. The fourth-order valence-electron chi connectivity index (χ4n) is 3.26. The maximum atomic E-state index is 10.3. The molecule has 0 saturated heterocycles. The fraction of sp³-hybridized carbons (Fsp3) is 0.368. The molecule has 0 bridgehead atoms. The number of phenolic OH excluding ortho intramolecular Hbond substituents is 2. The second-order valence-electron chi connectivity index (χ2n) is 6.06. The molecule has 0 heterocycles. The summed E-state index contributed by atoms with van der Waals surface area (Å²) < 4.78 is 0. The molecule has 2 aromatic carbocycles. The first-order valence-electron chi connectivity index (χ1n) is 7.95. The van der Waals surface area contributed by atoms with E-state index in [2.05, 4.69) is 37.1 Å². The van der Waals surface area contributed by atoms with Gasteiger partial charge in [0.15, 0.2) is 11.5 Å². The van der Waals surface area contributed by atoms with Gasteiger partial charge in [0.2, 0.25) is 0 Å². The van der Waals surface area contributed by atoms with Crippen LogP contribution in [-0.2, 0) is 19.3 Å². The Morgan fingerprint density at radius 3 is 2.61 bits per heavy atom. The van der Waals surface area contributed by atoms with Gasteiger partial charge in [-0.1, -0.05) is 31.2 Å². The van der Waals surface area contributed by atoms with Crippen molar-refractivity contribution < 1.29 is 10.2 Å². The zero-order valence-electron chi connectivity index (χ0n) is 13.7. The molecule has 1 aliphatic rings. The van der Waals surface area contributed by atoms with Gasteiger partial charge in [-0.25, -0.2) is 0 Å². The third-order valence-electron chi connectivity index (χ3n) is 4.73. The summed E-state index contributed by atoms with van der Waals surface area (Å²) in [5, 5.41) is 20.1. The summed E-state index contributed by atoms with van der Waals surface area (Å²) in [6.07, 6.45) is 2.93.